The van der Waals surface area contributed by atoms with Crippen LogP contribution in [-0.4, -0.2) is 17.5 Å². The molecular formula is C7H14O2. The van der Waals surface area contributed by atoms with Crippen LogP contribution in [0.3, 0.4) is 0 Å². The van der Waals surface area contributed by atoms with Crippen molar-refractivity contribution in [1.82, 2.24) is 0 Å². The Balaban J connectivity index is 2.35. The summed E-state index contributed by atoms with van der Waals surface area (Å²) in [6, 6.07) is 0. The molecule has 1 aliphatic rings. The van der Waals surface area contributed by atoms with Crippen LogP contribution in [0.4, 0.5) is 0 Å². The van der Waals surface area contributed by atoms with E-state index in [-0.39, 0.29) is 6.10 Å². The summed E-state index contributed by atoms with van der Waals surface area (Å²) >= 11 is 0. The third kappa shape index (κ3) is 1.66. The zero-order chi connectivity index (χ0) is 6.85. The maximum absolute atomic E-state index is 8.98. The summed E-state index contributed by atoms with van der Waals surface area (Å²) in [5.74, 6) is 0.605. The zero-order valence-corrected chi connectivity index (χ0v) is 6.00. The van der Waals surface area contributed by atoms with Crippen LogP contribution in [0.25, 0.3) is 0 Å². The van der Waals surface area contributed by atoms with Gasteiger partial charge < -0.3 is 9.84 Å². The van der Waals surface area contributed by atoms with Gasteiger partial charge in [-0.1, -0.05) is 6.92 Å². The summed E-state index contributed by atoms with van der Waals surface area (Å²) in [7, 11) is 0. The second kappa shape index (κ2) is 2.67. The first-order valence-corrected chi connectivity index (χ1v) is 3.53. The van der Waals surface area contributed by atoms with Gasteiger partial charge in [0, 0.05) is 0 Å². The standard InChI is InChI=1S/C7H14O2/c1-5-3-4-7(8)9-6(5)2/h5-8H,3-4H2,1-2H3/t5-,6-,7+/m0/s1. The average Bonchev–Trinajstić information content (AvgIpc) is 1.80. The first kappa shape index (κ1) is 7.03. The van der Waals surface area contributed by atoms with Crippen LogP contribution < -0.4 is 0 Å². The van der Waals surface area contributed by atoms with Crippen LogP contribution in [0.2, 0.25) is 0 Å². The third-order valence-corrected chi connectivity index (χ3v) is 2.04. The SMILES string of the molecule is C[C@@H]1O[C@@H](O)CC[C@@H]1C. The van der Waals surface area contributed by atoms with E-state index in [9.17, 15) is 0 Å². The molecule has 1 rings (SSSR count). The normalized spacial score (nSPS) is 45.0. The fourth-order valence-electron chi connectivity index (χ4n) is 1.09. The van der Waals surface area contributed by atoms with Crippen LogP contribution in [0, 0.1) is 5.92 Å². The van der Waals surface area contributed by atoms with E-state index in [0.29, 0.717) is 5.92 Å². The monoisotopic (exact) mass is 130 g/mol. The minimum absolute atomic E-state index is 0.230. The molecule has 0 aromatic heterocycles. The largest absolute Gasteiger partial charge is 0.368 e. The lowest BCUT2D eigenvalue weighted by Gasteiger charge is -2.29. The van der Waals surface area contributed by atoms with Crippen molar-refractivity contribution in [3.8, 4) is 0 Å². The minimum Gasteiger partial charge on any atom is -0.368 e. The molecule has 54 valence electrons. The van der Waals surface area contributed by atoms with Crippen LogP contribution >= 0.6 is 0 Å². The Morgan fingerprint density at radius 1 is 1.33 bits per heavy atom. The van der Waals surface area contributed by atoms with Crippen LogP contribution in [-0.2, 0) is 4.74 Å². The lowest BCUT2D eigenvalue weighted by molar-refractivity contribution is -0.173. The van der Waals surface area contributed by atoms with Gasteiger partial charge in [-0.25, -0.2) is 0 Å². The molecule has 0 aromatic carbocycles. The fourth-order valence-corrected chi connectivity index (χ4v) is 1.09. The summed E-state index contributed by atoms with van der Waals surface area (Å²) in [5.41, 5.74) is 0. The second-order valence-corrected chi connectivity index (χ2v) is 2.85. The van der Waals surface area contributed by atoms with E-state index >= 15 is 0 Å². The van der Waals surface area contributed by atoms with E-state index in [0.717, 1.165) is 12.8 Å². The Bertz CT molecular complexity index is 92.9. The van der Waals surface area contributed by atoms with Crippen LogP contribution in [0.5, 0.6) is 0 Å². The quantitative estimate of drug-likeness (QED) is 0.533. The van der Waals surface area contributed by atoms with Gasteiger partial charge in [0.1, 0.15) is 0 Å². The summed E-state index contributed by atoms with van der Waals surface area (Å²) in [4.78, 5) is 0. The topological polar surface area (TPSA) is 29.5 Å². The Morgan fingerprint density at radius 3 is 2.44 bits per heavy atom. The highest BCUT2D eigenvalue weighted by Gasteiger charge is 2.22. The molecule has 9 heavy (non-hydrogen) atoms. The fraction of sp³-hybridized carbons (Fsp3) is 1.00. The van der Waals surface area contributed by atoms with Gasteiger partial charge >= 0.3 is 0 Å². The molecule has 1 fully saturated rings. The molecule has 3 atom stereocenters. The molecule has 0 saturated carbocycles. The summed E-state index contributed by atoms with van der Waals surface area (Å²) < 4.78 is 5.15. The number of ether oxygens (including phenoxy) is 1. The van der Waals surface area contributed by atoms with E-state index in [1.807, 2.05) is 6.92 Å². The minimum atomic E-state index is -0.504. The smallest absolute Gasteiger partial charge is 0.154 e. The lowest BCUT2D eigenvalue weighted by atomic mass is 9.97. The average molecular weight is 130 g/mol. The number of aliphatic hydroxyl groups excluding tert-OH is 1. The van der Waals surface area contributed by atoms with Gasteiger partial charge in [0.2, 0.25) is 0 Å². The van der Waals surface area contributed by atoms with E-state index in [4.69, 9.17) is 9.84 Å². The maximum Gasteiger partial charge on any atom is 0.154 e. The van der Waals surface area contributed by atoms with Crippen molar-refractivity contribution in [3.05, 3.63) is 0 Å². The Morgan fingerprint density at radius 2 is 2.00 bits per heavy atom. The Labute approximate surface area is 55.8 Å². The van der Waals surface area contributed by atoms with Gasteiger partial charge in [-0.2, -0.15) is 0 Å². The predicted octanol–water partition coefficient (Wildman–Crippen LogP) is 1.14. The van der Waals surface area contributed by atoms with Crippen molar-refractivity contribution in [1.29, 1.82) is 0 Å². The van der Waals surface area contributed by atoms with Crippen molar-refractivity contribution >= 4 is 0 Å². The lowest BCUT2D eigenvalue weighted by Crippen LogP contribution is -2.31. The third-order valence-electron chi connectivity index (χ3n) is 2.04. The molecule has 1 N–H and O–H groups in total. The van der Waals surface area contributed by atoms with Crippen molar-refractivity contribution in [2.45, 2.75) is 39.1 Å². The molecule has 0 amide bonds. The van der Waals surface area contributed by atoms with E-state index in [1.54, 1.807) is 0 Å². The molecular weight excluding hydrogens is 116 g/mol. The molecule has 0 aliphatic carbocycles. The Kier molecular flexibility index (Phi) is 2.09. The predicted molar refractivity (Wildman–Crippen MR) is 35.0 cm³/mol. The molecule has 2 nitrogen and oxygen atoms in total. The summed E-state index contributed by atoms with van der Waals surface area (Å²) in [6.07, 6.45) is 1.61. The van der Waals surface area contributed by atoms with E-state index in [1.165, 1.54) is 0 Å². The highest BCUT2D eigenvalue weighted by Crippen LogP contribution is 2.22. The number of rotatable bonds is 0. The van der Waals surface area contributed by atoms with Gasteiger partial charge in [-0.3, -0.25) is 0 Å². The van der Waals surface area contributed by atoms with Crippen molar-refractivity contribution in [3.63, 3.8) is 0 Å². The molecule has 1 heterocycles. The van der Waals surface area contributed by atoms with Gasteiger partial charge in [-0.15, -0.1) is 0 Å². The Hall–Kier alpha value is -0.0800. The van der Waals surface area contributed by atoms with E-state index < -0.39 is 6.29 Å². The van der Waals surface area contributed by atoms with Gasteiger partial charge in [0.25, 0.3) is 0 Å². The molecule has 0 spiro atoms. The maximum atomic E-state index is 8.98. The molecule has 2 heteroatoms. The van der Waals surface area contributed by atoms with Crippen molar-refractivity contribution < 1.29 is 9.84 Å². The van der Waals surface area contributed by atoms with Crippen LogP contribution in [0.1, 0.15) is 26.7 Å². The van der Waals surface area contributed by atoms with Gasteiger partial charge in [0.15, 0.2) is 6.29 Å². The van der Waals surface area contributed by atoms with Gasteiger partial charge in [-0.05, 0) is 25.7 Å². The number of aliphatic hydroxyl groups is 1. The van der Waals surface area contributed by atoms with Crippen LogP contribution in [0.15, 0.2) is 0 Å². The summed E-state index contributed by atoms with van der Waals surface area (Å²) in [6.45, 7) is 4.16. The zero-order valence-electron chi connectivity index (χ0n) is 6.00. The number of hydrogen-bond acceptors (Lipinski definition) is 2. The molecule has 1 aliphatic heterocycles. The molecule has 1 saturated heterocycles. The summed E-state index contributed by atoms with van der Waals surface area (Å²) in [5, 5.41) is 8.98. The molecule has 0 unspecified atom stereocenters. The first-order valence-electron chi connectivity index (χ1n) is 3.53. The highest BCUT2D eigenvalue weighted by atomic mass is 16.6. The van der Waals surface area contributed by atoms with Crippen molar-refractivity contribution in [2.24, 2.45) is 5.92 Å². The number of hydrogen-bond donors (Lipinski definition) is 1. The molecule has 0 bridgehead atoms. The second-order valence-electron chi connectivity index (χ2n) is 2.85. The molecule has 0 radical (unpaired) electrons. The van der Waals surface area contributed by atoms with E-state index in [2.05, 4.69) is 6.92 Å². The first-order chi connectivity index (χ1) is 4.20. The van der Waals surface area contributed by atoms with Gasteiger partial charge in [0.05, 0.1) is 6.10 Å². The van der Waals surface area contributed by atoms with Crippen molar-refractivity contribution in [2.75, 3.05) is 0 Å². The highest BCUT2D eigenvalue weighted by molar-refractivity contribution is 4.67. The molecule has 0 aromatic rings.